The number of methoxy groups -OCH3 is 1. The Labute approximate surface area is 195 Å². The molecule has 0 fully saturated rings. The van der Waals surface area contributed by atoms with E-state index in [0.717, 1.165) is 34.2 Å². The number of aryl methyl sites for hydroxylation is 2. The normalized spacial score (nSPS) is 10.3. The molecule has 3 aromatic carbocycles. The molecule has 0 bridgehead atoms. The second-order valence-corrected chi connectivity index (χ2v) is 8.24. The Morgan fingerprint density at radius 2 is 1.39 bits per heavy atom. The van der Waals surface area contributed by atoms with Crippen LogP contribution >= 0.6 is 15.9 Å². The molecule has 0 saturated carbocycles. The van der Waals surface area contributed by atoms with Gasteiger partial charge in [0.15, 0.2) is 0 Å². The quantitative estimate of drug-likeness (QED) is 0.319. The number of ether oxygens (including phenoxy) is 1. The average molecular weight is 486 g/mol. The first-order chi connectivity index (χ1) is 15.0. The summed E-state index contributed by atoms with van der Waals surface area (Å²) in [7, 11) is 1.66. The monoisotopic (exact) mass is 485 g/mol. The molecule has 166 valence electrons. The van der Waals surface area contributed by atoms with E-state index < -0.39 is 0 Å². The molecule has 4 heteroatoms. The van der Waals surface area contributed by atoms with E-state index in [9.17, 15) is 0 Å². The summed E-state index contributed by atoms with van der Waals surface area (Å²) >= 11 is 3.52. The maximum Gasteiger partial charge on any atom is 0.149 e. The molecule has 0 aliphatic heterocycles. The lowest BCUT2D eigenvalue weighted by molar-refractivity contribution is 0.414. The second kappa shape index (κ2) is 12.5. The minimum atomic E-state index is -0.177. The minimum absolute atomic E-state index is 0.177. The molecular weight excluding hydrogens is 453 g/mol. The van der Waals surface area contributed by atoms with Crippen LogP contribution in [0.3, 0.4) is 0 Å². The van der Waals surface area contributed by atoms with Gasteiger partial charge < -0.3 is 9.64 Å². The lowest BCUT2D eigenvalue weighted by atomic mass is 10.1. The standard InChI is InChI=1S/C25H27BrFNO.C2H6/c1-4-5-19-6-8-20(9-7-19)16-28(17-21-10-12-23(29-3)13-11-21)24-15-22(26)14-18(2)25(24)27;1-2/h6-15H,4-5,16-17H2,1-3H3;1-2H3. The fourth-order valence-electron chi connectivity index (χ4n) is 3.44. The van der Waals surface area contributed by atoms with E-state index in [4.69, 9.17) is 4.74 Å². The maximum atomic E-state index is 15.0. The average Bonchev–Trinajstić information content (AvgIpc) is 2.79. The molecule has 0 heterocycles. The number of halogens is 2. The highest BCUT2D eigenvalue weighted by atomic mass is 79.9. The third-order valence-electron chi connectivity index (χ3n) is 5.01. The van der Waals surface area contributed by atoms with Crippen LogP contribution in [0.25, 0.3) is 0 Å². The van der Waals surface area contributed by atoms with E-state index in [1.807, 2.05) is 50.2 Å². The molecule has 0 aliphatic carbocycles. The predicted molar refractivity (Wildman–Crippen MR) is 134 cm³/mol. The molecule has 0 radical (unpaired) electrons. The Morgan fingerprint density at radius 3 is 1.90 bits per heavy atom. The molecule has 0 saturated heterocycles. The van der Waals surface area contributed by atoms with Crippen LogP contribution in [0.2, 0.25) is 0 Å². The van der Waals surface area contributed by atoms with E-state index in [-0.39, 0.29) is 5.82 Å². The molecule has 0 aliphatic rings. The molecule has 31 heavy (non-hydrogen) atoms. The summed E-state index contributed by atoms with van der Waals surface area (Å²) in [5.41, 5.74) is 4.83. The fourth-order valence-corrected chi connectivity index (χ4v) is 4.00. The Morgan fingerprint density at radius 1 is 0.871 bits per heavy atom. The van der Waals surface area contributed by atoms with Crippen LogP contribution in [0.5, 0.6) is 5.75 Å². The Hall–Kier alpha value is -2.33. The van der Waals surface area contributed by atoms with Crippen LogP contribution in [0.1, 0.15) is 49.4 Å². The topological polar surface area (TPSA) is 12.5 Å². The number of benzene rings is 3. The maximum absolute atomic E-state index is 15.0. The fraction of sp³-hybridized carbons (Fsp3) is 0.333. The SMILES string of the molecule is CC.CCCc1ccc(CN(Cc2ccc(OC)cc2)c2cc(Br)cc(C)c2F)cc1. The molecule has 0 aromatic heterocycles. The molecule has 3 rings (SSSR count). The van der Waals surface area contributed by atoms with Gasteiger partial charge in [0.2, 0.25) is 0 Å². The Kier molecular flexibility index (Phi) is 10.1. The molecule has 0 atom stereocenters. The van der Waals surface area contributed by atoms with E-state index in [1.165, 1.54) is 5.56 Å². The molecule has 0 spiro atoms. The summed E-state index contributed by atoms with van der Waals surface area (Å²) < 4.78 is 21.2. The van der Waals surface area contributed by atoms with Crippen molar-refractivity contribution in [3.8, 4) is 5.75 Å². The summed E-state index contributed by atoms with van der Waals surface area (Å²) in [6.45, 7) is 9.22. The molecule has 2 nitrogen and oxygen atoms in total. The number of nitrogens with zero attached hydrogens (tertiary/aromatic N) is 1. The largest absolute Gasteiger partial charge is 0.497 e. The Balaban J connectivity index is 0.00000166. The summed E-state index contributed by atoms with van der Waals surface area (Å²) in [4.78, 5) is 2.09. The van der Waals surface area contributed by atoms with Gasteiger partial charge in [-0.25, -0.2) is 4.39 Å². The van der Waals surface area contributed by atoms with Crippen molar-refractivity contribution in [2.75, 3.05) is 12.0 Å². The van der Waals surface area contributed by atoms with Crippen LogP contribution in [0.4, 0.5) is 10.1 Å². The van der Waals surface area contributed by atoms with Crippen LogP contribution in [-0.2, 0) is 19.5 Å². The smallest absolute Gasteiger partial charge is 0.149 e. The van der Waals surface area contributed by atoms with Gasteiger partial charge in [-0.2, -0.15) is 0 Å². The molecule has 0 N–H and O–H groups in total. The zero-order chi connectivity index (χ0) is 22.8. The van der Waals surface area contributed by atoms with Crippen molar-refractivity contribution in [3.63, 3.8) is 0 Å². The van der Waals surface area contributed by atoms with Gasteiger partial charge in [-0.3, -0.25) is 0 Å². The third kappa shape index (κ3) is 7.10. The van der Waals surface area contributed by atoms with Crippen molar-refractivity contribution in [3.05, 3.63) is 93.2 Å². The van der Waals surface area contributed by atoms with Crippen LogP contribution in [0.15, 0.2) is 65.1 Å². The van der Waals surface area contributed by atoms with Crippen molar-refractivity contribution in [1.82, 2.24) is 0 Å². The first-order valence-corrected chi connectivity index (χ1v) is 11.7. The summed E-state index contributed by atoms with van der Waals surface area (Å²) in [5, 5.41) is 0. The summed E-state index contributed by atoms with van der Waals surface area (Å²) in [6, 6.07) is 20.2. The van der Waals surface area contributed by atoms with Crippen molar-refractivity contribution in [1.29, 1.82) is 0 Å². The van der Waals surface area contributed by atoms with Crippen molar-refractivity contribution in [2.45, 2.75) is 53.6 Å². The van der Waals surface area contributed by atoms with Crippen LogP contribution in [0, 0.1) is 12.7 Å². The highest BCUT2D eigenvalue weighted by molar-refractivity contribution is 9.10. The van der Waals surface area contributed by atoms with Gasteiger partial charge in [0.05, 0.1) is 12.8 Å². The van der Waals surface area contributed by atoms with E-state index in [1.54, 1.807) is 14.0 Å². The second-order valence-electron chi connectivity index (χ2n) is 7.33. The third-order valence-corrected chi connectivity index (χ3v) is 5.47. The number of hydrogen-bond acceptors (Lipinski definition) is 2. The minimum Gasteiger partial charge on any atom is -0.497 e. The molecular formula is C27H33BrFNO. The Bertz CT molecular complexity index is 939. The van der Waals surface area contributed by atoms with E-state index >= 15 is 4.39 Å². The van der Waals surface area contributed by atoms with Gasteiger partial charge in [0.1, 0.15) is 11.6 Å². The number of hydrogen-bond donors (Lipinski definition) is 0. The van der Waals surface area contributed by atoms with Gasteiger partial charge >= 0.3 is 0 Å². The van der Waals surface area contributed by atoms with Crippen LogP contribution in [-0.4, -0.2) is 7.11 Å². The highest BCUT2D eigenvalue weighted by Crippen LogP contribution is 2.30. The van der Waals surface area contributed by atoms with Gasteiger partial charge in [0, 0.05) is 17.6 Å². The van der Waals surface area contributed by atoms with Gasteiger partial charge in [-0.15, -0.1) is 0 Å². The highest BCUT2D eigenvalue weighted by Gasteiger charge is 2.16. The lowest BCUT2D eigenvalue weighted by Gasteiger charge is -2.27. The van der Waals surface area contributed by atoms with E-state index in [0.29, 0.717) is 24.3 Å². The molecule has 3 aromatic rings. The molecule has 0 unspecified atom stereocenters. The van der Waals surface area contributed by atoms with Crippen LogP contribution < -0.4 is 9.64 Å². The van der Waals surface area contributed by atoms with Crippen molar-refractivity contribution in [2.24, 2.45) is 0 Å². The summed E-state index contributed by atoms with van der Waals surface area (Å²) in [5.74, 6) is 0.639. The zero-order valence-electron chi connectivity index (χ0n) is 19.2. The lowest BCUT2D eigenvalue weighted by Crippen LogP contribution is -2.23. The number of anilines is 1. The van der Waals surface area contributed by atoms with Crippen molar-refractivity contribution >= 4 is 21.6 Å². The van der Waals surface area contributed by atoms with Crippen molar-refractivity contribution < 1.29 is 9.13 Å². The van der Waals surface area contributed by atoms with E-state index in [2.05, 4.69) is 52.0 Å². The van der Waals surface area contributed by atoms with Gasteiger partial charge in [-0.05, 0) is 59.9 Å². The first-order valence-electron chi connectivity index (χ1n) is 10.9. The van der Waals surface area contributed by atoms with Gasteiger partial charge in [-0.1, -0.05) is 79.5 Å². The molecule has 0 amide bonds. The first kappa shape index (κ1) is 24.9. The summed E-state index contributed by atoms with van der Waals surface area (Å²) in [6.07, 6.45) is 2.21. The zero-order valence-corrected chi connectivity index (χ0v) is 20.8. The predicted octanol–water partition coefficient (Wildman–Crippen LogP) is 8.09. The number of rotatable bonds is 8. The van der Waals surface area contributed by atoms with Gasteiger partial charge in [0.25, 0.3) is 0 Å².